The summed E-state index contributed by atoms with van der Waals surface area (Å²) in [4.78, 5) is 12.5. The second-order valence-electron chi connectivity index (χ2n) is 4.06. The average molecular weight is 274 g/mol. The van der Waals surface area contributed by atoms with Gasteiger partial charge in [0.1, 0.15) is 5.75 Å². The summed E-state index contributed by atoms with van der Waals surface area (Å²) in [5.74, 6) is 1.15. The molecular weight excluding hydrogens is 256 g/mol. The third-order valence-electron chi connectivity index (χ3n) is 2.50. The fourth-order valence-corrected chi connectivity index (χ4v) is 1.58. The zero-order valence-electron chi connectivity index (χ0n) is 11.9. The molecule has 20 heavy (non-hydrogen) atoms. The van der Waals surface area contributed by atoms with Crippen molar-refractivity contribution in [1.82, 2.24) is 15.0 Å². The Labute approximate surface area is 118 Å². The molecule has 0 aliphatic carbocycles. The lowest BCUT2D eigenvalue weighted by Gasteiger charge is -2.09. The van der Waals surface area contributed by atoms with Gasteiger partial charge >= 0.3 is 12.0 Å². The van der Waals surface area contributed by atoms with Crippen LogP contribution in [0.15, 0.2) is 24.3 Å². The fraction of sp³-hybridized carbons (Fsp3) is 0.357. The summed E-state index contributed by atoms with van der Waals surface area (Å²) in [6.07, 6.45) is 0. The monoisotopic (exact) mass is 274 g/mol. The Kier molecular flexibility index (Phi) is 4.70. The minimum absolute atomic E-state index is 0.216. The van der Waals surface area contributed by atoms with Gasteiger partial charge in [-0.3, -0.25) is 0 Å². The Bertz CT molecular complexity index is 551. The predicted molar refractivity (Wildman–Crippen MR) is 76.4 cm³/mol. The minimum Gasteiger partial charge on any atom is -0.464 e. The molecular formula is C14H18N4O2. The highest BCUT2D eigenvalue weighted by molar-refractivity contribution is 5.35. The van der Waals surface area contributed by atoms with Crippen LogP contribution < -0.4 is 14.8 Å². The van der Waals surface area contributed by atoms with Crippen molar-refractivity contribution in [1.29, 1.82) is 0 Å². The van der Waals surface area contributed by atoms with Crippen molar-refractivity contribution >= 4 is 5.95 Å². The summed E-state index contributed by atoms with van der Waals surface area (Å²) >= 11 is 0. The summed E-state index contributed by atoms with van der Waals surface area (Å²) in [5, 5.41) is 3.02. The van der Waals surface area contributed by atoms with Gasteiger partial charge in [-0.2, -0.15) is 9.97 Å². The van der Waals surface area contributed by atoms with Crippen LogP contribution in [0, 0.1) is 6.92 Å². The highest BCUT2D eigenvalue weighted by Crippen LogP contribution is 2.23. The molecule has 0 bridgehead atoms. The van der Waals surface area contributed by atoms with Crippen LogP contribution in [0.3, 0.4) is 0 Å². The molecule has 0 spiro atoms. The van der Waals surface area contributed by atoms with E-state index >= 15 is 0 Å². The van der Waals surface area contributed by atoms with E-state index in [2.05, 4.69) is 20.3 Å². The van der Waals surface area contributed by atoms with Crippen LogP contribution in [0.25, 0.3) is 0 Å². The highest BCUT2D eigenvalue weighted by Gasteiger charge is 2.09. The second kappa shape index (κ2) is 6.70. The van der Waals surface area contributed by atoms with E-state index in [-0.39, 0.29) is 12.0 Å². The van der Waals surface area contributed by atoms with E-state index in [9.17, 15) is 0 Å². The molecule has 1 heterocycles. The maximum Gasteiger partial charge on any atom is 0.330 e. The molecule has 0 saturated heterocycles. The Morgan fingerprint density at radius 3 is 2.50 bits per heavy atom. The predicted octanol–water partition coefficient (Wildman–Crippen LogP) is 2.80. The normalized spacial score (nSPS) is 10.2. The van der Waals surface area contributed by atoms with E-state index in [1.807, 2.05) is 45.0 Å². The van der Waals surface area contributed by atoms with Crippen LogP contribution in [0.4, 0.5) is 5.95 Å². The molecule has 0 atom stereocenters. The Hall–Kier alpha value is -2.37. The molecule has 0 amide bonds. The number of benzene rings is 1. The number of ether oxygens (including phenoxy) is 2. The van der Waals surface area contributed by atoms with E-state index in [0.717, 1.165) is 5.56 Å². The molecule has 1 N–H and O–H groups in total. The number of hydrogen-bond donors (Lipinski definition) is 1. The van der Waals surface area contributed by atoms with Crippen molar-refractivity contribution in [3.05, 3.63) is 29.8 Å². The maximum atomic E-state index is 5.70. The summed E-state index contributed by atoms with van der Waals surface area (Å²) < 4.78 is 11.0. The van der Waals surface area contributed by atoms with Gasteiger partial charge in [0.25, 0.3) is 0 Å². The van der Waals surface area contributed by atoms with Crippen LogP contribution >= 0.6 is 0 Å². The summed E-state index contributed by atoms with van der Waals surface area (Å²) in [5.41, 5.74) is 1.01. The van der Waals surface area contributed by atoms with Gasteiger partial charge in [0, 0.05) is 6.54 Å². The van der Waals surface area contributed by atoms with Crippen molar-refractivity contribution < 1.29 is 9.47 Å². The van der Waals surface area contributed by atoms with E-state index < -0.39 is 0 Å². The molecule has 6 nitrogen and oxygen atoms in total. The smallest absolute Gasteiger partial charge is 0.330 e. The number of nitrogens with one attached hydrogen (secondary N) is 1. The van der Waals surface area contributed by atoms with Crippen molar-refractivity contribution in [2.45, 2.75) is 20.8 Å². The van der Waals surface area contributed by atoms with Gasteiger partial charge in [-0.15, -0.1) is 4.98 Å². The number of para-hydroxylation sites is 1. The lowest BCUT2D eigenvalue weighted by Crippen LogP contribution is -2.07. The molecule has 2 aromatic rings. The maximum absolute atomic E-state index is 5.70. The number of rotatable bonds is 6. The molecule has 6 heteroatoms. The van der Waals surface area contributed by atoms with E-state index in [1.54, 1.807) is 0 Å². The lowest BCUT2D eigenvalue weighted by molar-refractivity contribution is 0.303. The van der Waals surface area contributed by atoms with Crippen LogP contribution in [-0.4, -0.2) is 28.1 Å². The van der Waals surface area contributed by atoms with Crippen LogP contribution in [0.1, 0.15) is 19.4 Å². The van der Waals surface area contributed by atoms with Crippen molar-refractivity contribution in [2.24, 2.45) is 0 Å². The van der Waals surface area contributed by atoms with Gasteiger partial charge in [-0.1, -0.05) is 18.2 Å². The number of hydrogen-bond acceptors (Lipinski definition) is 6. The minimum atomic E-state index is 0.216. The number of anilines is 1. The van der Waals surface area contributed by atoms with Gasteiger partial charge in [-0.05, 0) is 32.4 Å². The zero-order valence-corrected chi connectivity index (χ0v) is 11.9. The van der Waals surface area contributed by atoms with Crippen molar-refractivity contribution in [3.63, 3.8) is 0 Å². The van der Waals surface area contributed by atoms with Crippen molar-refractivity contribution in [2.75, 3.05) is 18.5 Å². The number of aromatic nitrogens is 3. The average Bonchev–Trinajstić information content (AvgIpc) is 2.42. The van der Waals surface area contributed by atoms with E-state index in [4.69, 9.17) is 9.47 Å². The van der Waals surface area contributed by atoms with Gasteiger partial charge in [0.05, 0.1) is 6.61 Å². The highest BCUT2D eigenvalue weighted by atomic mass is 16.5. The van der Waals surface area contributed by atoms with Crippen LogP contribution in [0.2, 0.25) is 0 Å². The molecule has 0 saturated carbocycles. The first-order valence-corrected chi connectivity index (χ1v) is 6.59. The van der Waals surface area contributed by atoms with E-state index in [1.165, 1.54) is 0 Å². The Morgan fingerprint density at radius 1 is 1.05 bits per heavy atom. The number of nitrogens with zero attached hydrogens (tertiary/aromatic N) is 3. The molecule has 0 aliphatic heterocycles. The molecule has 0 aliphatic rings. The quantitative estimate of drug-likeness (QED) is 0.873. The van der Waals surface area contributed by atoms with Gasteiger partial charge in [-0.25, -0.2) is 0 Å². The molecule has 0 fully saturated rings. The van der Waals surface area contributed by atoms with E-state index in [0.29, 0.717) is 24.8 Å². The molecule has 106 valence electrons. The molecule has 0 radical (unpaired) electrons. The van der Waals surface area contributed by atoms with Crippen LogP contribution in [-0.2, 0) is 0 Å². The first-order chi connectivity index (χ1) is 9.72. The second-order valence-corrected chi connectivity index (χ2v) is 4.06. The fourth-order valence-electron chi connectivity index (χ4n) is 1.58. The molecule has 2 rings (SSSR count). The Morgan fingerprint density at radius 2 is 1.80 bits per heavy atom. The SMILES string of the molecule is CCNc1nc(OCC)nc(Oc2ccccc2C)n1. The van der Waals surface area contributed by atoms with Crippen LogP contribution in [0.5, 0.6) is 17.8 Å². The topological polar surface area (TPSA) is 69.2 Å². The standard InChI is InChI=1S/C14H18N4O2/c1-4-15-12-16-13(19-5-2)18-14(17-12)20-11-9-7-6-8-10(11)3/h6-9H,4-5H2,1-3H3,(H,15,16,17,18). The van der Waals surface area contributed by atoms with Gasteiger partial charge in [0.2, 0.25) is 5.95 Å². The molecule has 1 aromatic heterocycles. The first kappa shape index (κ1) is 14.0. The summed E-state index contributed by atoms with van der Waals surface area (Å²) in [7, 11) is 0. The Balaban J connectivity index is 2.28. The third kappa shape index (κ3) is 3.57. The van der Waals surface area contributed by atoms with Gasteiger partial charge in [0.15, 0.2) is 0 Å². The third-order valence-corrected chi connectivity index (χ3v) is 2.50. The zero-order chi connectivity index (χ0) is 14.4. The van der Waals surface area contributed by atoms with Gasteiger partial charge < -0.3 is 14.8 Å². The number of aryl methyl sites for hydroxylation is 1. The molecule has 0 unspecified atom stereocenters. The lowest BCUT2D eigenvalue weighted by atomic mass is 10.2. The van der Waals surface area contributed by atoms with Crippen molar-refractivity contribution in [3.8, 4) is 17.8 Å². The summed E-state index contributed by atoms with van der Waals surface area (Å²) in [6.45, 7) is 6.99. The first-order valence-electron chi connectivity index (χ1n) is 6.59. The largest absolute Gasteiger partial charge is 0.464 e. The summed E-state index contributed by atoms with van der Waals surface area (Å²) in [6, 6.07) is 8.15. The molecule has 1 aromatic carbocycles.